The lowest BCUT2D eigenvalue weighted by molar-refractivity contribution is 0.380. The molecule has 1 unspecified atom stereocenters. The average molecular weight is 204 g/mol. The monoisotopic (exact) mass is 204 g/mol. The third-order valence-corrected chi connectivity index (χ3v) is 3.35. The molecule has 84 valence electrons. The van der Waals surface area contributed by atoms with Gasteiger partial charge in [0, 0.05) is 0 Å². The second kappa shape index (κ2) is 6.66. The van der Waals surface area contributed by atoms with Gasteiger partial charge in [-0.05, 0) is 17.4 Å². The minimum atomic E-state index is 0.714. The van der Waals surface area contributed by atoms with Crippen molar-refractivity contribution in [2.45, 2.75) is 52.4 Å². The van der Waals surface area contributed by atoms with Crippen LogP contribution in [0.5, 0.6) is 0 Å². The van der Waals surface area contributed by atoms with E-state index >= 15 is 0 Å². The zero-order valence-electron chi connectivity index (χ0n) is 10.4. The second-order valence-electron chi connectivity index (χ2n) is 4.54. The lowest BCUT2D eigenvalue weighted by Gasteiger charge is -2.23. The molecule has 15 heavy (non-hydrogen) atoms. The maximum Gasteiger partial charge on any atom is -0.0162 e. The summed E-state index contributed by atoms with van der Waals surface area (Å²) >= 11 is 0. The average Bonchev–Trinajstić information content (AvgIpc) is 2.29. The molecule has 0 aliphatic heterocycles. The minimum absolute atomic E-state index is 0.714. The molecule has 0 radical (unpaired) electrons. The molecular weight excluding hydrogens is 180 g/mol. The quantitative estimate of drug-likeness (QED) is 0.611. The van der Waals surface area contributed by atoms with Crippen LogP contribution in [0.1, 0.15) is 57.9 Å². The standard InChI is InChI=1S/C15H24/c1-4-9-14(10-5-2)13(3)15-11-7-6-8-12-15/h6-8,11-14H,4-5,9-10H2,1-3H3. The first-order valence-electron chi connectivity index (χ1n) is 6.34. The summed E-state index contributed by atoms with van der Waals surface area (Å²) in [6, 6.07) is 10.9. The highest BCUT2D eigenvalue weighted by molar-refractivity contribution is 5.19. The highest BCUT2D eigenvalue weighted by Gasteiger charge is 2.16. The van der Waals surface area contributed by atoms with Crippen LogP contribution < -0.4 is 0 Å². The van der Waals surface area contributed by atoms with Crippen LogP contribution in [-0.2, 0) is 0 Å². The molecule has 0 bridgehead atoms. The van der Waals surface area contributed by atoms with Crippen molar-refractivity contribution in [3.05, 3.63) is 35.9 Å². The summed E-state index contributed by atoms with van der Waals surface area (Å²) in [4.78, 5) is 0. The number of rotatable bonds is 6. The molecule has 0 fully saturated rings. The fourth-order valence-corrected chi connectivity index (χ4v) is 2.41. The first-order chi connectivity index (χ1) is 7.29. The summed E-state index contributed by atoms with van der Waals surface area (Å²) in [7, 11) is 0. The van der Waals surface area contributed by atoms with Crippen molar-refractivity contribution in [2.24, 2.45) is 5.92 Å². The Labute approximate surface area is 94.7 Å². The van der Waals surface area contributed by atoms with Gasteiger partial charge in [0.25, 0.3) is 0 Å². The van der Waals surface area contributed by atoms with Crippen LogP contribution >= 0.6 is 0 Å². The van der Waals surface area contributed by atoms with Crippen molar-refractivity contribution >= 4 is 0 Å². The van der Waals surface area contributed by atoms with Gasteiger partial charge in [-0.2, -0.15) is 0 Å². The van der Waals surface area contributed by atoms with Gasteiger partial charge in [0.15, 0.2) is 0 Å². The topological polar surface area (TPSA) is 0 Å². The van der Waals surface area contributed by atoms with E-state index in [0.717, 1.165) is 5.92 Å². The Morgan fingerprint density at radius 1 is 0.933 bits per heavy atom. The van der Waals surface area contributed by atoms with Gasteiger partial charge >= 0.3 is 0 Å². The molecule has 0 aromatic heterocycles. The normalized spacial score (nSPS) is 13.1. The number of benzene rings is 1. The zero-order valence-corrected chi connectivity index (χ0v) is 10.4. The Balaban J connectivity index is 2.67. The Morgan fingerprint density at radius 3 is 1.93 bits per heavy atom. The van der Waals surface area contributed by atoms with Crippen LogP contribution in [0, 0.1) is 5.92 Å². The van der Waals surface area contributed by atoms with Gasteiger partial charge in [-0.1, -0.05) is 76.8 Å². The van der Waals surface area contributed by atoms with Crippen LogP contribution in [0.4, 0.5) is 0 Å². The van der Waals surface area contributed by atoms with E-state index in [0.29, 0.717) is 5.92 Å². The van der Waals surface area contributed by atoms with Crippen molar-refractivity contribution < 1.29 is 0 Å². The van der Waals surface area contributed by atoms with E-state index in [4.69, 9.17) is 0 Å². The van der Waals surface area contributed by atoms with Gasteiger partial charge in [-0.3, -0.25) is 0 Å². The fraction of sp³-hybridized carbons (Fsp3) is 0.600. The highest BCUT2D eigenvalue weighted by Crippen LogP contribution is 2.30. The Morgan fingerprint density at radius 2 is 1.47 bits per heavy atom. The molecule has 0 saturated heterocycles. The molecule has 0 N–H and O–H groups in total. The first kappa shape index (κ1) is 12.3. The molecule has 0 saturated carbocycles. The van der Waals surface area contributed by atoms with Crippen LogP contribution in [0.25, 0.3) is 0 Å². The smallest absolute Gasteiger partial charge is 0.0162 e. The summed E-state index contributed by atoms with van der Waals surface area (Å²) in [5.74, 6) is 1.58. The summed E-state index contributed by atoms with van der Waals surface area (Å²) < 4.78 is 0. The van der Waals surface area contributed by atoms with Crippen LogP contribution in [0.15, 0.2) is 30.3 Å². The van der Waals surface area contributed by atoms with Crippen molar-refractivity contribution in [3.8, 4) is 0 Å². The summed E-state index contributed by atoms with van der Waals surface area (Å²) in [5, 5.41) is 0. The summed E-state index contributed by atoms with van der Waals surface area (Å²) in [6.45, 7) is 6.96. The number of hydrogen-bond acceptors (Lipinski definition) is 0. The molecule has 1 rings (SSSR count). The lowest BCUT2D eigenvalue weighted by atomic mass is 9.82. The molecule has 0 aliphatic rings. The van der Waals surface area contributed by atoms with E-state index in [1.54, 1.807) is 0 Å². The molecule has 0 heteroatoms. The van der Waals surface area contributed by atoms with Gasteiger partial charge in [0.2, 0.25) is 0 Å². The SMILES string of the molecule is CCCC(CCC)C(C)c1ccccc1. The van der Waals surface area contributed by atoms with Crippen molar-refractivity contribution in [3.63, 3.8) is 0 Å². The van der Waals surface area contributed by atoms with Crippen molar-refractivity contribution in [1.82, 2.24) is 0 Å². The second-order valence-corrected chi connectivity index (χ2v) is 4.54. The summed E-state index contributed by atoms with van der Waals surface area (Å²) in [5.41, 5.74) is 1.50. The van der Waals surface area contributed by atoms with E-state index in [-0.39, 0.29) is 0 Å². The van der Waals surface area contributed by atoms with Crippen LogP contribution in [0.2, 0.25) is 0 Å². The molecule has 1 atom stereocenters. The largest absolute Gasteiger partial charge is 0.0654 e. The van der Waals surface area contributed by atoms with Gasteiger partial charge in [0.1, 0.15) is 0 Å². The van der Waals surface area contributed by atoms with Crippen molar-refractivity contribution in [2.75, 3.05) is 0 Å². The van der Waals surface area contributed by atoms with E-state index in [2.05, 4.69) is 51.1 Å². The Hall–Kier alpha value is -0.780. The molecule has 1 aromatic carbocycles. The molecular formula is C15H24. The van der Waals surface area contributed by atoms with Crippen molar-refractivity contribution in [1.29, 1.82) is 0 Å². The maximum atomic E-state index is 2.38. The summed E-state index contributed by atoms with van der Waals surface area (Å²) in [6.07, 6.45) is 5.34. The van der Waals surface area contributed by atoms with E-state index < -0.39 is 0 Å². The van der Waals surface area contributed by atoms with Gasteiger partial charge < -0.3 is 0 Å². The Bertz CT molecular complexity index is 244. The van der Waals surface area contributed by atoms with Gasteiger partial charge in [-0.15, -0.1) is 0 Å². The maximum absolute atomic E-state index is 2.38. The molecule has 0 heterocycles. The van der Waals surface area contributed by atoms with E-state index in [9.17, 15) is 0 Å². The molecule has 0 spiro atoms. The zero-order chi connectivity index (χ0) is 11.1. The van der Waals surface area contributed by atoms with Gasteiger partial charge in [-0.25, -0.2) is 0 Å². The third kappa shape index (κ3) is 3.70. The lowest BCUT2D eigenvalue weighted by Crippen LogP contribution is -2.09. The predicted octanol–water partition coefficient (Wildman–Crippen LogP) is 5.01. The molecule has 0 nitrogen and oxygen atoms in total. The highest BCUT2D eigenvalue weighted by atomic mass is 14.2. The first-order valence-corrected chi connectivity index (χ1v) is 6.34. The van der Waals surface area contributed by atoms with Crippen LogP contribution in [-0.4, -0.2) is 0 Å². The number of hydrogen-bond donors (Lipinski definition) is 0. The van der Waals surface area contributed by atoms with E-state index in [1.807, 2.05) is 0 Å². The van der Waals surface area contributed by atoms with Crippen LogP contribution in [0.3, 0.4) is 0 Å². The van der Waals surface area contributed by atoms with E-state index in [1.165, 1.54) is 31.2 Å². The minimum Gasteiger partial charge on any atom is -0.0654 e. The fourth-order valence-electron chi connectivity index (χ4n) is 2.41. The molecule has 1 aromatic rings. The third-order valence-electron chi connectivity index (χ3n) is 3.35. The molecule has 0 aliphatic carbocycles. The molecule has 0 amide bonds. The van der Waals surface area contributed by atoms with Gasteiger partial charge in [0.05, 0.1) is 0 Å². The Kier molecular flexibility index (Phi) is 5.45. The predicted molar refractivity (Wildman–Crippen MR) is 68.2 cm³/mol.